The van der Waals surface area contributed by atoms with Crippen molar-refractivity contribution in [3.8, 4) is 11.5 Å². The molecule has 1 aliphatic rings. The van der Waals surface area contributed by atoms with Crippen LogP contribution in [0.5, 0.6) is 11.5 Å². The number of nitrogens with zero attached hydrogens (tertiary/aromatic N) is 1. The summed E-state index contributed by atoms with van der Waals surface area (Å²) >= 11 is 0. The number of nitrogens with one attached hydrogen (secondary N) is 2. The third kappa shape index (κ3) is 3.78. The highest BCUT2D eigenvalue weighted by molar-refractivity contribution is 6.10. The van der Waals surface area contributed by atoms with Gasteiger partial charge >= 0.3 is 0 Å². The lowest BCUT2D eigenvalue weighted by molar-refractivity contribution is -0.383. The number of carbonyl (C=O) groups is 2. The first-order chi connectivity index (χ1) is 14.2. The molecule has 158 valence electrons. The lowest BCUT2D eigenvalue weighted by Gasteiger charge is -2.17. The Bertz CT molecular complexity index is 1030. The average molecular weight is 413 g/mol. The molecule has 2 amide bonds. The molecule has 2 aromatic carbocycles. The van der Waals surface area contributed by atoms with Crippen LogP contribution >= 0.6 is 0 Å². The summed E-state index contributed by atoms with van der Waals surface area (Å²) in [5, 5.41) is 16.8. The minimum atomic E-state index is -0.875. The molecule has 3 rings (SSSR count). The minimum Gasteiger partial charge on any atom is -0.494 e. The summed E-state index contributed by atoms with van der Waals surface area (Å²) in [4.78, 5) is 36.1. The molecule has 0 atom stereocenters. The minimum absolute atomic E-state index is 0.00431. The maximum atomic E-state index is 12.9. The predicted molar refractivity (Wildman–Crippen MR) is 111 cm³/mol. The van der Waals surface area contributed by atoms with Gasteiger partial charge in [0, 0.05) is 12.1 Å². The highest BCUT2D eigenvalue weighted by Crippen LogP contribution is 2.43. The first-order valence-corrected chi connectivity index (χ1v) is 9.54. The van der Waals surface area contributed by atoms with Gasteiger partial charge in [0.25, 0.3) is 11.6 Å². The Balaban J connectivity index is 2.00. The number of hydrogen-bond donors (Lipinski definition) is 2. The number of hydrogen-bond acceptors (Lipinski definition) is 6. The fourth-order valence-corrected chi connectivity index (χ4v) is 3.27. The van der Waals surface area contributed by atoms with E-state index in [4.69, 9.17) is 9.47 Å². The van der Waals surface area contributed by atoms with Crippen LogP contribution < -0.4 is 20.1 Å². The van der Waals surface area contributed by atoms with Crippen LogP contribution in [0.4, 0.5) is 17.1 Å². The van der Waals surface area contributed by atoms with Crippen LogP contribution in [-0.4, -0.2) is 30.0 Å². The van der Waals surface area contributed by atoms with Gasteiger partial charge in [-0.25, -0.2) is 0 Å². The van der Waals surface area contributed by atoms with Gasteiger partial charge < -0.3 is 20.1 Å². The van der Waals surface area contributed by atoms with Crippen molar-refractivity contribution in [3.05, 3.63) is 51.6 Å². The third-order valence-corrected chi connectivity index (χ3v) is 4.88. The van der Waals surface area contributed by atoms with Crippen molar-refractivity contribution >= 4 is 28.9 Å². The molecule has 1 heterocycles. The van der Waals surface area contributed by atoms with E-state index in [0.29, 0.717) is 36.0 Å². The Kier molecular flexibility index (Phi) is 5.64. The number of fused-ring (bicyclic) bond motifs is 1. The van der Waals surface area contributed by atoms with Gasteiger partial charge in [0.1, 0.15) is 17.2 Å². The first kappa shape index (κ1) is 21.1. The first-order valence-electron chi connectivity index (χ1n) is 9.54. The van der Waals surface area contributed by atoms with Crippen molar-refractivity contribution in [2.45, 2.75) is 33.1 Å². The molecule has 0 saturated heterocycles. The van der Waals surface area contributed by atoms with Crippen LogP contribution in [0.15, 0.2) is 30.3 Å². The van der Waals surface area contributed by atoms with Crippen LogP contribution in [-0.2, 0) is 10.2 Å². The Morgan fingerprint density at radius 2 is 1.87 bits per heavy atom. The maximum absolute atomic E-state index is 12.9. The van der Waals surface area contributed by atoms with E-state index in [1.807, 2.05) is 6.92 Å². The second kappa shape index (κ2) is 8.02. The van der Waals surface area contributed by atoms with Crippen LogP contribution in [0.3, 0.4) is 0 Å². The van der Waals surface area contributed by atoms with Gasteiger partial charge in [-0.1, -0.05) is 0 Å². The lowest BCUT2D eigenvalue weighted by Crippen LogP contribution is -2.27. The van der Waals surface area contributed by atoms with E-state index in [9.17, 15) is 19.7 Å². The summed E-state index contributed by atoms with van der Waals surface area (Å²) in [5.74, 6) is 0.0225. The van der Waals surface area contributed by atoms with Crippen molar-refractivity contribution in [2.24, 2.45) is 0 Å². The molecule has 0 spiro atoms. The summed E-state index contributed by atoms with van der Waals surface area (Å²) in [5.41, 5.74) is -0.0346. The number of carbonyl (C=O) groups excluding carboxylic acids is 2. The second-order valence-corrected chi connectivity index (χ2v) is 7.23. The largest absolute Gasteiger partial charge is 0.494 e. The molecule has 0 saturated carbocycles. The molecule has 2 N–H and O–H groups in total. The van der Waals surface area contributed by atoms with Gasteiger partial charge in [-0.2, -0.15) is 0 Å². The Morgan fingerprint density at radius 3 is 2.50 bits per heavy atom. The zero-order valence-electron chi connectivity index (χ0n) is 17.2. The van der Waals surface area contributed by atoms with Crippen molar-refractivity contribution < 1.29 is 24.0 Å². The number of ether oxygens (including phenoxy) is 2. The summed E-state index contributed by atoms with van der Waals surface area (Å²) in [6.07, 6.45) is 0. The monoisotopic (exact) mass is 413 g/mol. The van der Waals surface area contributed by atoms with Gasteiger partial charge in [-0.05, 0) is 51.5 Å². The molecule has 9 nitrogen and oxygen atoms in total. The molecule has 2 aromatic rings. The SMILES string of the molecule is CCOc1ccc(C(=O)Nc2cc3c(cc2[N+](=O)[O-])NC(=O)C3(C)C)c(OCC)c1. The zero-order valence-corrected chi connectivity index (χ0v) is 17.2. The molecule has 0 fully saturated rings. The van der Waals surface area contributed by atoms with E-state index in [0.717, 1.165) is 0 Å². The average Bonchev–Trinajstić information content (AvgIpc) is 2.90. The molecule has 1 aliphatic heterocycles. The maximum Gasteiger partial charge on any atom is 0.294 e. The number of anilines is 2. The summed E-state index contributed by atoms with van der Waals surface area (Å²) in [6.45, 7) is 7.84. The van der Waals surface area contributed by atoms with Gasteiger partial charge in [0.05, 0.1) is 34.8 Å². The number of amides is 2. The standard InChI is InChI=1S/C21H23N3O6/c1-5-29-12-7-8-13(18(9-12)30-6-2)19(25)22-16-10-14-15(11-17(16)24(27)28)23-20(26)21(14,3)4/h7-11H,5-6H2,1-4H3,(H,22,25)(H,23,26). The number of nitro benzene ring substituents is 1. The number of benzene rings is 2. The van der Waals surface area contributed by atoms with E-state index in [1.165, 1.54) is 12.1 Å². The normalized spacial score (nSPS) is 13.9. The fourth-order valence-electron chi connectivity index (χ4n) is 3.27. The molecule has 0 aromatic heterocycles. The Labute approximate surface area is 173 Å². The van der Waals surface area contributed by atoms with Gasteiger partial charge in [-0.15, -0.1) is 0 Å². The molecular weight excluding hydrogens is 390 g/mol. The van der Waals surface area contributed by atoms with E-state index in [1.54, 1.807) is 39.0 Å². The van der Waals surface area contributed by atoms with Gasteiger partial charge in [-0.3, -0.25) is 19.7 Å². The quantitative estimate of drug-likeness (QED) is 0.525. The summed E-state index contributed by atoms with van der Waals surface area (Å²) in [6, 6.07) is 7.51. The smallest absolute Gasteiger partial charge is 0.294 e. The fraction of sp³-hybridized carbons (Fsp3) is 0.333. The van der Waals surface area contributed by atoms with Gasteiger partial charge in [0.15, 0.2) is 0 Å². The summed E-state index contributed by atoms with van der Waals surface area (Å²) < 4.78 is 11.0. The number of rotatable bonds is 7. The number of nitro groups is 1. The predicted octanol–water partition coefficient (Wildman–Crippen LogP) is 3.87. The van der Waals surface area contributed by atoms with Crippen molar-refractivity contribution in [2.75, 3.05) is 23.8 Å². The van der Waals surface area contributed by atoms with E-state index in [2.05, 4.69) is 10.6 Å². The van der Waals surface area contributed by atoms with Gasteiger partial charge in [0.2, 0.25) is 5.91 Å². The Morgan fingerprint density at radius 1 is 1.17 bits per heavy atom. The molecule has 0 bridgehead atoms. The summed E-state index contributed by atoms with van der Waals surface area (Å²) in [7, 11) is 0. The lowest BCUT2D eigenvalue weighted by atomic mass is 9.86. The van der Waals surface area contributed by atoms with Crippen LogP contribution in [0.2, 0.25) is 0 Å². The van der Waals surface area contributed by atoms with Crippen LogP contribution in [0, 0.1) is 10.1 Å². The van der Waals surface area contributed by atoms with Crippen molar-refractivity contribution in [1.29, 1.82) is 0 Å². The van der Waals surface area contributed by atoms with Crippen LogP contribution in [0.25, 0.3) is 0 Å². The third-order valence-electron chi connectivity index (χ3n) is 4.88. The molecular formula is C21H23N3O6. The van der Waals surface area contributed by atoms with Crippen molar-refractivity contribution in [3.63, 3.8) is 0 Å². The second-order valence-electron chi connectivity index (χ2n) is 7.23. The topological polar surface area (TPSA) is 120 Å². The Hall–Kier alpha value is -3.62. The molecule has 30 heavy (non-hydrogen) atoms. The molecule has 0 radical (unpaired) electrons. The highest BCUT2D eigenvalue weighted by atomic mass is 16.6. The zero-order chi connectivity index (χ0) is 22.1. The molecule has 9 heteroatoms. The molecule has 0 unspecified atom stereocenters. The van der Waals surface area contributed by atoms with Crippen LogP contribution in [0.1, 0.15) is 43.6 Å². The van der Waals surface area contributed by atoms with E-state index >= 15 is 0 Å². The highest BCUT2D eigenvalue weighted by Gasteiger charge is 2.40. The molecule has 0 aliphatic carbocycles. The van der Waals surface area contributed by atoms with Crippen molar-refractivity contribution in [1.82, 2.24) is 0 Å². The van der Waals surface area contributed by atoms with E-state index in [-0.39, 0.29) is 22.8 Å². The van der Waals surface area contributed by atoms with E-state index < -0.39 is 16.2 Å².